The van der Waals surface area contributed by atoms with Crippen molar-refractivity contribution in [2.45, 2.75) is 32.2 Å². The van der Waals surface area contributed by atoms with Crippen LogP contribution < -0.4 is 16.4 Å². The van der Waals surface area contributed by atoms with Gasteiger partial charge in [0.1, 0.15) is 0 Å². The van der Waals surface area contributed by atoms with Crippen molar-refractivity contribution >= 4 is 11.9 Å². The lowest BCUT2D eigenvalue weighted by atomic mass is 9.94. The first-order chi connectivity index (χ1) is 6.99. The topological polar surface area (TPSA) is 104 Å². The normalized spacial score (nSPS) is 11.1. The summed E-state index contributed by atoms with van der Waals surface area (Å²) >= 11 is 0. The van der Waals surface area contributed by atoms with Gasteiger partial charge in [-0.05, 0) is 12.8 Å². The van der Waals surface area contributed by atoms with Crippen molar-refractivity contribution in [2.24, 2.45) is 5.73 Å². The summed E-state index contributed by atoms with van der Waals surface area (Å²) < 4.78 is 0. The first-order valence-corrected chi connectivity index (χ1v) is 4.95. The smallest absolute Gasteiger partial charge is 0.318 e. The molecule has 0 rings (SSSR count). The predicted octanol–water partition coefficient (Wildman–Crippen LogP) is -0.678. The highest BCUT2D eigenvalue weighted by Crippen LogP contribution is 2.13. The highest BCUT2D eigenvalue weighted by atomic mass is 16.3. The number of nitrogens with one attached hydrogen (secondary N) is 2. The maximum atomic E-state index is 11.1. The van der Waals surface area contributed by atoms with Crippen molar-refractivity contribution in [3.05, 3.63) is 0 Å². The van der Waals surface area contributed by atoms with E-state index in [0.717, 1.165) is 0 Å². The van der Waals surface area contributed by atoms with Gasteiger partial charge in [-0.1, -0.05) is 13.8 Å². The number of hydrogen-bond acceptors (Lipinski definition) is 4. The lowest BCUT2D eigenvalue weighted by Gasteiger charge is -2.30. The molecule has 0 aromatic carbocycles. The van der Waals surface area contributed by atoms with Crippen molar-refractivity contribution in [2.75, 3.05) is 13.2 Å². The van der Waals surface area contributed by atoms with Crippen LogP contribution in [0.4, 0.5) is 4.79 Å². The van der Waals surface area contributed by atoms with Gasteiger partial charge >= 0.3 is 6.03 Å². The Labute approximate surface area is 89.2 Å². The molecule has 6 heteroatoms. The molecule has 0 saturated carbocycles. The standard InChI is InChI=1S/C9H19N3O3/c1-3-9(4-2,6-13)11-5-7(14)12-8(10)15/h11,13H,3-6H2,1-2H3,(H3,10,12,14,15). The van der Waals surface area contributed by atoms with E-state index < -0.39 is 17.5 Å². The second-order valence-corrected chi connectivity index (χ2v) is 3.41. The number of rotatable bonds is 6. The number of carbonyl (C=O) groups is 2. The molecule has 0 atom stereocenters. The Hall–Kier alpha value is -1.14. The average molecular weight is 217 g/mol. The van der Waals surface area contributed by atoms with Gasteiger partial charge in [0.05, 0.1) is 13.2 Å². The van der Waals surface area contributed by atoms with Crippen LogP contribution in [0.25, 0.3) is 0 Å². The van der Waals surface area contributed by atoms with Gasteiger partial charge in [-0.2, -0.15) is 0 Å². The molecule has 0 unspecified atom stereocenters. The molecule has 0 bridgehead atoms. The fraction of sp³-hybridized carbons (Fsp3) is 0.778. The van der Waals surface area contributed by atoms with Crippen molar-refractivity contribution in [1.82, 2.24) is 10.6 Å². The lowest BCUT2D eigenvalue weighted by molar-refractivity contribution is -0.119. The summed E-state index contributed by atoms with van der Waals surface area (Å²) in [5.41, 5.74) is 4.32. The van der Waals surface area contributed by atoms with Gasteiger partial charge in [0.15, 0.2) is 0 Å². The maximum absolute atomic E-state index is 11.1. The fourth-order valence-electron chi connectivity index (χ4n) is 1.23. The second kappa shape index (κ2) is 6.36. The summed E-state index contributed by atoms with van der Waals surface area (Å²) in [7, 11) is 0. The molecule has 5 N–H and O–H groups in total. The third-order valence-corrected chi connectivity index (χ3v) is 2.54. The third kappa shape index (κ3) is 4.75. The molecule has 6 nitrogen and oxygen atoms in total. The molecule has 15 heavy (non-hydrogen) atoms. The van der Waals surface area contributed by atoms with Crippen LogP contribution in [0.15, 0.2) is 0 Å². The first kappa shape index (κ1) is 13.9. The van der Waals surface area contributed by atoms with Crippen molar-refractivity contribution in [3.8, 4) is 0 Å². The van der Waals surface area contributed by atoms with Gasteiger partial charge in [0.25, 0.3) is 0 Å². The van der Waals surface area contributed by atoms with Crippen LogP contribution in [0.3, 0.4) is 0 Å². The number of aliphatic hydroxyl groups is 1. The summed E-state index contributed by atoms with van der Waals surface area (Å²) in [6, 6.07) is -0.871. The molecule has 0 aliphatic rings. The SMILES string of the molecule is CCC(CC)(CO)NCC(=O)NC(N)=O. The number of urea groups is 1. The zero-order valence-electron chi connectivity index (χ0n) is 9.17. The Bertz CT molecular complexity index is 218. The van der Waals surface area contributed by atoms with Crippen molar-refractivity contribution in [1.29, 1.82) is 0 Å². The van der Waals surface area contributed by atoms with Crippen molar-refractivity contribution < 1.29 is 14.7 Å². The second-order valence-electron chi connectivity index (χ2n) is 3.41. The minimum Gasteiger partial charge on any atom is -0.394 e. The van der Waals surface area contributed by atoms with E-state index in [2.05, 4.69) is 5.32 Å². The molecule has 0 fully saturated rings. The average Bonchev–Trinajstić information content (AvgIpc) is 2.20. The molecule has 88 valence electrons. The zero-order valence-corrected chi connectivity index (χ0v) is 9.17. The Morgan fingerprint density at radius 2 is 1.87 bits per heavy atom. The molecule has 0 aliphatic heterocycles. The maximum Gasteiger partial charge on any atom is 0.318 e. The first-order valence-electron chi connectivity index (χ1n) is 4.95. The van der Waals surface area contributed by atoms with E-state index in [0.29, 0.717) is 12.8 Å². The fourth-order valence-corrected chi connectivity index (χ4v) is 1.23. The predicted molar refractivity (Wildman–Crippen MR) is 56.1 cm³/mol. The monoisotopic (exact) mass is 217 g/mol. The molecule has 3 amide bonds. The van der Waals surface area contributed by atoms with Gasteiger partial charge < -0.3 is 16.2 Å². The van der Waals surface area contributed by atoms with Gasteiger partial charge in [-0.15, -0.1) is 0 Å². The van der Waals surface area contributed by atoms with E-state index in [9.17, 15) is 14.7 Å². The zero-order chi connectivity index (χ0) is 11.9. The summed E-state index contributed by atoms with van der Waals surface area (Å²) in [6.45, 7) is 3.74. The van der Waals surface area contributed by atoms with E-state index in [1.165, 1.54) is 0 Å². The number of hydrogen-bond donors (Lipinski definition) is 4. The van der Waals surface area contributed by atoms with Crippen LogP contribution in [0.5, 0.6) is 0 Å². The molecule has 0 radical (unpaired) electrons. The lowest BCUT2D eigenvalue weighted by Crippen LogP contribution is -2.52. The molecule has 0 spiro atoms. The molecule has 0 aliphatic carbocycles. The summed E-state index contributed by atoms with van der Waals surface area (Å²) in [6.07, 6.45) is 1.40. The molecule has 0 saturated heterocycles. The third-order valence-electron chi connectivity index (χ3n) is 2.54. The highest BCUT2D eigenvalue weighted by Gasteiger charge is 2.25. The number of amides is 3. The number of nitrogens with two attached hydrogens (primary N) is 1. The largest absolute Gasteiger partial charge is 0.394 e. The summed E-state index contributed by atoms with van der Waals surface area (Å²) in [5.74, 6) is -0.498. The molecular formula is C9H19N3O3. The van der Waals surface area contributed by atoms with Crippen LogP contribution in [-0.2, 0) is 4.79 Å². The van der Waals surface area contributed by atoms with Crippen molar-refractivity contribution in [3.63, 3.8) is 0 Å². The number of aliphatic hydroxyl groups excluding tert-OH is 1. The van der Waals surface area contributed by atoms with E-state index in [-0.39, 0.29) is 13.2 Å². The summed E-state index contributed by atoms with van der Waals surface area (Å²) in [4.78, 5) is 21.4. The van der Waals surface area contributed by atoms with E-state index >= 15 is 0 Å². The van der Waals surface area contributed by atoms with Crippen LogP contribution in [0.1, 0.15) is 26.7 Å². The minimum atomic E-state index is -0.871. The minimum absolute atomic E-state index is 0.0365. The Morgan fingerprint density at radius 1 is 1.33 bits per heavy atom. The number of carbonyl (C=O) groups excluding carboxylic acids is 2. The van der Waals surface area contributed by atoms with Crippen LogP contribution >= 0.6 is 0 Å². The molecule has 0 aromatic rings. The van der Waals surface area contributed by atoms with E-state index in [4.69, 9.17) is 5.73 Å². The Kier molecular flexibility index (Phi) is 5.88. The van der Waals surface area contributed by atoms with Gasteiger partial charge in [0, 0.05) is 5.54 Å². The molecular weight excluding hydrogens is 198 g/mol. The van der Waals surface area contributed by atoms with Crippen LogP contribution in [-0.4, -0.2) is 35.7 Å². The molecule has 0 heterocycles. The van der Waals surface area contributed by atoms with Gasteiger partial charge in [0.2, 0.25) is 5.91 Å². The quantitative estimate of drug-likeness (QED) is 0.473. The highest BCUT2D eigenvalue weighted by molar-refractivity contribution is 5.94. The van der Waals surface area contributed by atoms with Crippen LogP contribution in [0, 0.1) is 0 Å². The Morgan fingerprint density at radius 3 is 2.20 bits per heavy atom. The van der Waals surface area contributed by atoms with E-state index in [1.54, 1.807) is 0 Å². The van der Waals surface area contributed by atoms with Crippen LogP contribution in [0.2, 0.25) is 0 Å². The Balaban J connectivity index is 4.10. The van der Waals surface area contributed by atoms with E-state index in [1.807, 2.05) is 19.2 Å². The van der Waals surface area contributed by atoms with Gasteiger partial charge in [-0.25, -0.2) is 4.79 Å². The number of primary amides is 1. The molecule has 0 aromatic heterocycles. The summed E-state index contributed by atoms with van der Waals surface area (Å²) in [5, 5.41) is 14.0. The van der Waals surface area contributed by atoms with Gasteiger partial charge in [-0.3, -0.25) is 10.1 Å². The number of imide groups is 1.